The summed E-state index contributed by atoms with van der Waals surface area (Å²) in [6.45, 7) is 4.40. The molecule has 2 atom stereocenters. The van der Waals surface area contributed by atoms with Gasteiger partial charge in [-0.3, -0.25) is 9.97 Å². The molecule has 0 spiro atoms. The Hall–Kier alpha value is -2.36. The highest BCUT2D eigenvalue weighted by atomic mass is 15.2. The van der Waals surface area contributed by atoms with Crippen LogP contribution in [0, 0.1) is 11.8 Å². The zero-order chi connectivity index (χ0) is 15.4. The smallest absolute Gasteiger partial charge is 0.0923 e. The van der Waals surface area contributed by atoms with E-state index in [1.165, 1.54) is 0 Å². The molecule has 2 aromatic heterocycles. The second-order valence-corrected chi connectivity index (χ2v) is 5.43. The molecule has 3 rings (SSSR count). The maximum atomic E-state index is 4.51. The first-order valence-corrected chi connectivity index (χ1v) is 7.83. The maximum Gasteiger partial charge on any atom is 0.0923 e. The molecule has 112 valence electrons. The predicted octanol–water partition coefficient (Wildman–Crippen LogP) is 3.74. The first-order chi connectivity index (χ1) is 10.8. The molecule has 0 amide bonds. The third kappa shape index (κ3) is 2.69. The number of aromatic nitrogens is 2. The molecule has 0 aromatic carbocycles. The minimum absolute atomic E-state index is 0.328. The van der Waals surface area contributed by atoms with Crippen LogP contribution in [0.4, 0.5) is 0 Å². The fourth-order valence-corrected chi connectivity index (χ4v) is 3.10. The van der Waals surface area contributed by atoms with Crippen LogP contribution in [0.5, 0.6) is 0 Å². The Balaban J connectivity index is 2.06. The first-order valence-electron chi connectivity index (χ1n) is 7.83. The van der Waals surface area contributed by atoms with Crippen molar-refractivity contribution in [2.45, 2.75) is 26.7 Å². The van der Waals surface area contributed by atoms with E-state index in [1.807, 2.05) is 48.8 Å². The lowest BCUT2D eigenvalue weighted by Gasteiger charge is -2.29. The molecule has 1 aliphatic rings. The van der Waals surface area contributed by atoms with Gasteiger partial charge in [0.15, 0.2) is 0 Å². The van der Waals surface area contributed by atoms with Gasteiger partial charge in [0.05, 0.1) is 22.8 Å². The number of rotatable bonds is 4. The number of pyridine rings is 2. The van der Waals surface area contributed by atoms with Crippen molar-refractivity contribution in [1.82, 2.24) is 9.97 Å². The molecule has 2 unspecified atom stereocenters. The fourth-order valence-electron chi connectivity index (χ4n) is 3.10. The van der Waals surface area contributed by atoms with Crippen molar-refractivity contribution >= 4 is 11.4 Å². The van der Waals surface area contributed by atoms with E-state index in [9.17, 15) is 0 Å². The number of nitrogens with zero attached hydrogens (tertiary/aromatic N) is 4. The second-order valence-electron chi connectivity index (χ2n) is 5.43. The molecular formula is C18H20N4. The van der Waals surface area contributed by atoms with Gasteiger partial charge in [-0.25, -0.2) is 0 Å². The maximum absolute atomic E-state index is 4.51. The van der Waals surface area contributed by atoms with Gasteiger partial charge in [-0.05, 0) is 37.1 Å². The van der Waals surface area contributed by atoms with Gasteiger partial charge < -0.3 is 0 Å². The lowest BCUT2D eigenvalue weighted by molar-refractivity contribution is 0.492. The van der Waals surface area contributed by atoms with Crippen LogP contribution in [0.25, 0.3) is 0 Å². The van der Waals surface area contributed by atoms with E-state index < -0.39 is 0 Å². The van der Waals surface area contributed by atoms with Gasteiger partial charge in [-0.1, -0.05) is 26.0 Å². The standard InChI is InChI=1S/C18H20N4/c1-3-13-14(4-2)18(16-10-6-8-12-20-16)22-21-17(13)15-9-5-7-11-19-15/h5-14H,3-4H2,1-2H3. The summed E-state index contributed by atoms with van der Waals surface area (Å²) in [6.07, 6.45) is 5.65. The molecule has 1 aliphatic heterocycles. The number of hydrogen-bond donors (Lipinski definition) is 0. The minimum atomic E-state index is 0.328. The molecule has 0 saturated heterocycles. The van der Waals surface area contributed by atoms with Crippen molar-refractivity contribution in [3.05, 3.63) is 60.2 Å². The van der Waals surface area contributed by atoms with Crippen LogP contribution in [0.1, 0.15) is 38.1 Å². The Bertz CT molecular complexity index is 615. The van der Waals surface area contributed by atoms with Gasteiger partial charge in [0.1, 0.15) is 0 Å². The summed E-state index contributed by atoms with van der Waals surface area (Å²) in [5.41, 5.74) is 3.84. The lowest BCUT2D eigenvalue weighted by atomic mass is 9.78. The molecular weight excluding hydrogens is 272 g/mol. The van der Waals surface area contributed by atoms with Gasteiger partial charge >= 0.3 is 0 Å². The van der Waals surface area contributed by atoms with Gasteiger partial charge in [0, 0.05) is 24.2 Å². The van der Waals surface area contributed by atoms with Crippen LogP contribution >= 0.6 is 0 Å². The summed E-state index contributed by atoms with van der Waals surface area (Å²) < 4.78 is 0. The molecule has 3 heterocycles. The highest BCUT2D eigenvalue weighted by Gasteiger charge is 2.33. The average Bonchev–Trinajstić information content (AvgIpc) is 2.61. The molecule has 0 saturated carbocycles. The summed E-state index contributed by atoms with van der Waals surface area (Å²) in [4.78, 5) is 8.90. The van der Waals surface area contributed by atoms with Crippen molar-refractivity contribution in [2.24, 2.45) is 22.0 Å². The number of hydrogen-bond acceptors (Lipinski definition) is 4. The highest BCUT2D eigenvalue weighted by molar-refractivity contribution is 6.10. The minimum Gasteiger partial charge on any atom is -0.255 e. The average molecular weight is 292 g/mol. The third-order valence-corrected chi connectivity index (χ3v) is 4.19. The topological polar surface area (TPSA) is 50.5 Å². The van der Waals surface area contributed by atoms with Crippen molar-refractivity contribution in [1.29, 1.82) is 0 Å². The summed E-state index contributed by atoms with van der Waals surface area (Å²) in [7, 11) is 0. The zero-order valence-corrected chi connectivity index (χ0v) is 13.0. The van der Waals surface area contributed by atoms with Gasteiger partial charge in [0.2, 0.25) is 0 Å². The van der Waals surface area contributed by atoms with E-state index in [0.717, 1.165) is 35.7 Å². The van der Waals surface area contributed by atoms with E-state index in [1.54, 1.807) is 0 Å². The first kappa shape index (κ1) is 14.6. The van der Waals surface area contributed by atoms with Crippen molar-refractivity contribution in [3.8, 4) is 0 Å². The Labute approximate surface area is 131 Å². The van der Waals surface area contributed by atoms with Gasteiger partial charge in [-0.15, -0.1) is 0 Å². The van der Waals surface area contributed by atoms with Crippen molar-refractivity contribution < 1.29 is 0 Å². The van der Waals surface area contributed by atoms with Crippen molar-refractivity contribution in [2.75, 3.05) is 0 Å². The lowest BCUT2D eigenvalue weighted by Crippen LogP contribution is -2.34. The Kier molecular flexibility index (Phi) is 4.37. The third-order valence-electron chi connectivity index (χ3n) is 4.19. The van der Waals surface area contributed by atoms with Crippen LogP contribution in [-0.2, 0) is 0 Å². The van der Waals surface area contributed by atoms with Crippen LogP contribution < -0.4 is 0 Å². The summed E-state index contributed by atoms with van der Waals surface area (Å²) in [6, 6.07) is 11.9. The Morgan fingerprint density at radius 1 is 0.727 bits per heavy atom. The quantitative estimate of drug-likeness (QED) is 0.862. The van der Waals surface area contributed by atoms with E-state index in [-0.39, 0.29) is 0 Å². The molecule has 0 N–H and O–H groups in total. The SMILES string of the molecule is CCC1C(c2ccccn2)=NN=C(c2ccccn2)C1CC. The molecule has 0 radical (unpaired) electrons. The Morgan fingerprint density at radius 3 is 1.50 bits per heavy atom. The molecule has 4 heteroatoms. The summed E-state index contributed by atoms with van der Waals surface area (Å²) in [5.74, 6) is 0.656. The predicted molar refractivity (Wildman–Crippen MR) is 89.1 cm³/mol. The van der Waals surface area contributed by atoms with E-state index >= 15 is 0 Å². The summed E-state index contributed by atoms with van der Waals surface area (Å²) in [5, 5.41) is 9.02. The molecule has 0 fully saturated rings. The van der Waals surface area contributed by atoms with Gasteiger partial charge in [-0.2, -0.15) is 10.2 Å². The van der Waals surface area contributed by atoms with Crippen LogP contribution in [-0.4, -0.2) is 21.4 Å². The van der Waals surface area contributed by atoms with Crippen LogP contribution in [0.15, 0.2) is 59.0 Å². The largest absolute Gasteiger partial charge is 0.255 e. The van der Waals surface area contributed by atoms with Crippen molar-refractivity contribution in [3.63, 3.8) is 0 Å². The molecule has 0 bridgehead atoms. The molecule has 22 heavy (non-hydrogen) atoms. The molecule has 4 nitrogen and oxygen atoms in total. The highest BCUT2D eigenvalue weighted by Crippen LogP contribution is 2.30. The molecule has 2 aromatic rings. The normalized spacial score (nSPS) is 21.2. The Morgan fingerprint density at radius 2 is 1.18 bits per heavy atom. The second kappa shape index (κ2) is 6.60. The van der Waals surface area contributed by atoms with E-state index in [0.29, 0.717) is 11.8 Å². The summed E-state index contributed by atoms with van der Waals surface area (Å²) >= 11 is 0. The fraction of sp³-hybridized carbons (Fsp3) is 0.333. The van der Waals surface area contributed by atoms with Gasteiger partial charge in [0.25, 0.3) is 0 Å². The van der Waals surface area contributed by atoms with Crippen LogP contribution in [0.2, 0.25) is 0 Å². The van der Waals surface area contributed by atoms with E-state index in [2.05, 4.69) is 34.0 Å². The molecule has 0 aliphatic carbocycles. The van der Waals surface area contributed by atoms with Crippen LogP contribution in [0.3, 0.4) is 0 Å². The zero-order valence-electron chi connectivity index (χ0n) is 13.0. The van der Waals surface area contributed by atoms with E-state index in [4.69, 9.17) is 0 Å². The monoisotopic (exact) mass is 292 g/mol.